The van der Waals surface area contributed by atoms with E-state index in [2.05, 4.69) is 0 Å². The predicted molar refractivity (Wildman–Crippen MR) is 63.7 cm³/mol. The first-order valence-corrected chi connectivity index (χ1v) is 5.82. The largest absolute Gasteiger partial charge is 0.481 e. The summed E-state index contributed by atoms with van der Waals surface area (Å²) >= 11 is 0. The molecule has 1 aliphatic rings. The van der Waals surface area contributed by atoms with Crippen LogP contribution in [0.2, 0.25) is 0 Å². The van der Waals surface area contributed by atoms with Crippen LogP contribution < -0.4 is 4.74 Å². The molecule has 1 N–H and O–H groups in total. The summed E-state index contributed by atoms with van der Waals surface area (Å²) < 4.78 is 5.55. The summed E-state index contributed by atoms with van der Waals surface area (Å²) in [5.74, 6) is 0.925. The number of nitrogens with zero attached hydrogens (tertiary/aromatic N) is 1. The lowest BCUT2D eigenvalue weighted by Crippen LogP contribution is -2.54. The van der Waals surface area contributed by atoms with Crippen molar-refractivity contribution in [2.75, 3.05) is 19.7 Å². The van der Waals surface area contributed by atoms with Crippen molar-refractivity contribution >= 4 is 5.91 Å². The zero-order chi connectivity index (χ0) is 12.3. The number of aliphatic hydroxyl groups excluding tert-OH is 1. The third-order valence-corrected chi connectivity index (χ3v) is 2.93. The lowest BCUT2D eigenvalue weighted by Gasteiger charge is -2.39. The molecule has 0 aromatic heterocycles. The number of para-hydroxylation sites is 1. The van der Waals surface area contributed by atoms with Crippen LogP contribution in [-0.4, -0.2) is 41.7 Å². The maximum Gasteiger partial charge on any atom is 0.263 e. The molecule has 1 unspecified atom stereocenters. The van der Waals surface area contributed by atoms with Crippen LogP contribution in [0.25, 0.3) is 0 Å². The molecule has 1 saturated heterocycles. The van der Waals surface area contributed by atoms with Gasteiger partial charge in [0.1, 0.15) is 5.75 Å². The molecule has 1 aromatic rings. The van der Waals surface area contributed by atoms with Crippen molar-refractivity contribution in [3.05, 3.63) is 30.3 Å². The van der Waals surface area contributed by atoms with E-state index in [1.807, 2.05) is 30.3 Å². The van der Waals surface area contributed by atoms with Gasteiger partial charge in [0.15, 0.2) is 6.10 Å². The predicted octanol–water partition coefficient (Wildman–Crippen LogP) is 0.905. The van der Waals surface area contributed by atoms with E-state index in [0.717, 1.165) is 0 Å². The van der Waals surface area contributed by atoms with E-state index in [-0.39, 0.29) is 18.4 Å². The Bertz CT molecular complexity index is 374. The Morgan fingerprint density at radius 2 is 2.12 bits per heavy atom. The zero-order valence-corrected chi connectivity index (χ0v) is 9.87. The summed E-state index contributed by atoms with van der Waals surface area (Å²) in [7, 11) is 0. The Kier molecular flexibility index (Phi) is 3.64. The second kappa shape index (κ2) is 5.19. The Hall–Kier alpha value is -1.55. The molecule has 0 saturated carbocycles. The molecule has 0 radical (unpaired) electrons. The molecular formula is C13H17NO3. The van der Waals surface area contributed by atoms with Gasteiger partial charge in [0.2, 0.25) is 0 Å². The highest BCUT2D eigenvalue weighted by molar-refractivity contribution is 5.81. The molecule has 1 heterocycles. The average Bonchev–Trinajstić information content (AvgIpc) is 2.28. The van der Waals surface area contributed by atoms with Gasteiger partial charge in [-0.2, -0.15) is 0 Å². The standard InChI is InChI=1S/C13H17NO3/c1-10(17-12-5-3-2-4-6-12)13(16)14-7-11(8-14)9-15/h2-6,10-11,15H,7-9H2,1H3. The molecule has 0 spiro atoms. The van der Waals surface area contributed by atoms with Crippen molar-refractivity contribution in [2.45, 2.75) is 13.0 Å². The number of carbonyl (C=O) groups is 1. The first-order valence-electron chi connectivity index (χ1n) is 5.82. The second-order valence-corrected chi connectivity index (χ2v) is 4.36. The highest BCUT2D eigenvalue weighted by Crippen LogP contribution is 2.18. The van der Waals surface area contributed by atoms with Crippen molar-refractivity contribution in [2.24, 2.45) is 5.92 Å². The maximum atomic E-state index is 11.9. The maximum absolute atomic E-state index is 11.9. The van der Waals surface area contributed by atoms with Crippen LogP contribution >= 0.6 is 0 Å². The lowest BCUT2D eigenvalue weighted by molar-refractivity contribution is -0.145. The molecule has 1 aromatic carbocycles. The number of rotatable bonds is 4. The molecular weight excluding hydrogens is 218 g/mol. The molecule has 92 valence electrons. The third kappa shape index (κ3) is 2.77. The van der Waals surface area contributed by atoms with Crippen LogP contribution in [0.1, 0.15) is 6.92 Å². The van der Waals surface area contributed by atoms with Crippen LogP contribution in [0.4, 0.5) is 0 Å². The highest BCUT2D eigenvalue weighted by Gasteiger charge is 2.33. The van der Waals surface area contributed by atoms with Gasteiger partial charge in [0.05, 0.1) is 0 Å². The minimum atomic E-state index is -0.475. The van der Waals surface area contributed by atoms with Gasteiger partial charge in [-0.3, -0.25) is 4.79 Å². The Balaban J connectivity index is 1.84. The van der Waals surface area contributed by atoms with Gasteiger partial charge in [-0.1, -0.05) is 18.2 Å². The monoisotopic (exact) mass is 235 g/mol. The van der Waals surface area contributed by atoms with Crippen LogP contribution in [-0.2, 0) is 4.79 Å². The number of likely N-dealkylation sites (tertiary alicyclic amines) is 1. The van der Waals surface area contributed by atoms with Gasteiger partial charge in [0, 0.05) is 25.6 Å². The minimum absolute atomic E-state index is 0.0152. The molecule has 0 aliphatic carbocycles. The summed E-state index contributed by atoms with van der Waals surface area (Å²) in [4.78, 5) is 13.6. The summed E-state index contributed by atoms with van der Waals surface area (Å²) in [6.07, 6.45) is -0.475. The summed E-state index contributed by atoms with van der Waals surface area (Å²) in [5.41, 5.74) is 0. The smallest absolute Gasteiger partial charge is 0.263 e. The van der Waals surface area contributed by atoms with Crippen molar-refractivity contribution in [3.8, 4) is 5.75 Å². The molecule has 1 atom stereocenters. The molecule has 1 amide bonds. The number of carbonyl (C=O) groups excluding carboxylic acids is 1. The molecule has 0 bridgehead atoms. The van der Waals surface area contributed by atoms with Gasteiger partial charge in [-0.15, -0.1) is 0 Å². The van der Waals surface area contributed by atoms with Crippen LogP contribution in [0.15, 0.2) is 30.3 Å². The number of hydrogen-bond acceptors (Lipinski definition) is 3. The van der Waals surface area contributed by atoms with Crippen molar-refractivity contribution in [3.63, 3.8) is 0 Å². The second-order valence-electron chi connectivity index (χ2n) is 4.36. The van der Waals surface area contributed by atoms with Crippen LogP contribution in [0.5, 0.6) is 5.75 Å². The Morgan fingerprint density at radius 1 is 1.47 bits per heavy atom. The van der Waals surface area contributed by atoms with E-state index in [1.165, 1.54) is 0 Å². The van der Waals surface area contributed by atoms with E-state index in [9.17, 15) is 4.79 Å². The fourth-order valence-corrected chi connectivity index (χ4v) is 1.88. The van der Waals surface area contributed by atoms with Crippen molar-refractivity contribution in [1.29, 1.82) is 0 Å². The van der Waals surface area contributed by atoms with Gasteiger partial charge >= 0.3 is 0 Å². The lowest BCUT2D eigenvalue weighted by atomic mass is 10.0. The highest BCUT2D eigenvalue weighted by atomic mass is 16.5. The van der Waals surface area contributed by atoms with E-state index in [0.29, 0.717) is 18.8 Å². The fraction of sp³-hybridized carbons (Fsp3) is 0.462. The van der Waals surface area contributed by atoms with Crippen molar-refractivity contribution in [1.82, 2.24) is 4.90 Å². The Labute approximate surface area is 101 Å². The van der Waals surface area contributed by atoms with Crippen LogP contribution in [0, 0.1) is 5.92 Å². The van der Waals surface area contributed by atoms with Gasteiger partial charge in [-0.25, -0.2) is 0 Å². The zero-order valence-electron chi connectivity index (χ0n) is 9.87. The minimum Gasteiger partial charge on any atom is -0.481 e. The molecule has 4 heteroatoms. The van der Waals surface area contributed by atoms with Gasteiger partial charge in [0.25, 0.3) is 5.91 Å². The van der Waals surface area contributed by atoms with Crippen LogP contribution in [0.3, 0.4) is 0 Å². The quantitative estimate of drug-likeness (QED) is 0.843. The normalized spacial score (nSPS) is 17.4. The summed E-state index contributed by atoms with van der Waals surface area (Å²) in [5, 5.41) is 8.89. The van der Waals surface area contributed by atoms with Crippen molar-refractivity contribution < 1.29 is 14.6 Å². The molecule has 4 nitrogen and oxygen atoms in total. The molecule has 1 aliphatic heterocycles. The SMILES string of the molecule is CC(Oc1ccccc1)C(=O)N1CC(CO)C1. The number of benzene rings is 1. The van der Waals surface area contributed by atoms with E-state index >= 15 is 0 Å². The van der Waals surface area contributed by atoms with E-state index in [4.69, 9.17) is 9.84 Å². The number of amides is 1. The molecule has 1 fully saturated rings. The first kappa shape index (κ1) is 11.9. The summed E-state index contributed by atoms with van der Waals surface area (Å²) in [6.45, 7) is 3.18. The van der Waals surface area contributed by atoms with E-state index in [1.54, 1.807) is 11.8 Å². The van der Waals surface area contributed by atoms with Gasteiger partial charge < -0.3 is 14.7 Å². The summed E-state index contributed by atoms with van der Waals surface area (Å²) in [6, 6.07) is 9.31. The van der Waals surface area contributed by atoms with E-state index < -0.39 is 6.10 Å². The topological polar surface area (TPSA) is 49.8 Å². The number of aliphatic hydroxyl groups is 1. The average molecular weight is 235 g/mol. The van der Waals surface area contributed by atoms with Gasteiger partial charge in [-0.05, 0) is 19.1 Å². The number of ether oxygens (including phenoxy) is 1. The Morgan fingerprint density at radius 3 is 2.71 bits per heavy atom. The number of hydrogen-bond donors (Lipinski definition) is 1. The first-order chi connectivity index (χ1) is 8.20. The fourth-order valence-electron chi connectivity index (χ4n) is 1.88. The molecule has 17 heavy (non-hydrogen) atoms. The molecule has 2 rings (SSSR count). The third-order valence-electron chi connectivity index (χ3n) is 2.93.